The van der Waals surface area contributed by atoms with Gasteiger partial charge in [0.2, 0.25) is 0 Å². The minimum Gasteiger partial charge on any atom is -0.372 e. The first kappa shape index (κ1) is 13.0. The molecule has 2 nitrogen and oxygen atoms in total. The van der Waals surface area contributed by atoms with Crippen LogP contribution in [0.25, 0.3) is 0 Å². The van der Waals surface area contributed by atoms with Crippen LogP contribution in [0.1, 0.15) is 56.6 Å². The molecule has 1 saturated heterocycles. The number of anilines is 1. The van der Waals surface area contributed by atoms with Crippen LogP contribution in [-0.4, -0.2) is 13.1 Å². The summed E-state index contributed by atoms with van der Waals surface area (Å²) in [5, 5.41) is 0. The van der Waals surface area contributed by atoms with E-state index in [0.717, 1.165) is 0 Å². The number of hydrogen-bond donors (Lipinski definition) is 1. The second-order valence-electron chi connectivity index (χ2n) is 6.21. The van der Waals surface area contributed by atoms with E-state index in [1.165, 1.54) is 69.3 Å². The Morgan fingerprint density at radius 2 is 1.53 bits per heavy atom. The fourth-order valence-corrected chi connectivity index (χ4v) is 3.65. The van der Waals surface area contributed by atoms with Gasteiger partial charge in [-0.05, 0) is 49.3 Å². The van der Waals surface area contributed by atoms with Gasteiger partial charge in [-0.15, -0.1) is 0 Å². The molecule has 0 radical (unpaired) electrons. The van der Waals surface area contributed by atoms with Crippen molar-refractivity contribution in [1.29, 1.82) is 0 Å². The van der Waals surface area contributed by atoms with Gasteiger partial charge in [0.1, 0.15) is 0 Å². The Morgan fingerprint density at radius 3 is 2.16 bits per heavy atom. The van der Waals surface area contributed by atoms with Crippen LogP contribution < -0.4 is 10.6 Å². The maximum absolute atomic E-state index is 6.46. The van der Waals surface area contributed by atoms with Crippen molar-refractivity contribution in [2.24, 2.45) is 11.7 Å². The summed E-state index contributed by atoms with van der Waals surface area (Å²) in [6, 6.07) is 9.29. The van der Waals surface area contributed by atoms with Gasteiger partial charge in [-0.1, -0.05) is 31.4 Å². The summed E-state index contributed by atoms with van der Waals surface area (Å²) in [6.45, 7) is 2.43. The van der Waals surface area contributed by atoms with Crippen molar-refractivity contribution in [2.75, 3.05) is 18.0 Å². The summed E-state index contributed by atoms with van der Waals surface area (Å²) in [6.07, 6.45) is 9.43. The number of nitrogens with zero attached hydrogens (tertiary/aromatic N) is 1. The van der Waals surface area contributed by atoms with Crippen LogP contribution in [0.15, 0.2) is 24.3 Å². The van der Waals surface area contributed by atoms with Crippen LogP contribution >= 0.6 is 0 Å². The van der Waals surface area contributed by atoms with E-state index in [1.54, 1.807) is 0 Å². The highest BCUT2D eigenvalue weighted by Crippen LogP contribution is 2.33. The smallest absolute Gasteiger partial charge is 0.0366 e. The summed E-state index contributed by atoms with van der Waals surface area (Å²) >= 11 is 0. The third kappa shape index (κ3) is 2.94. The first-order chi connectivity index (χ1) is 9.34. The summed E-state index contributed by atoms with van der Waals surface area (Å²) in [5.41, 5.74) is 9.16. The maximum Gasteiger partial charge on any atom is 0.0366 e. The zero-order chi connectivity index (χ0) is 13.1. The molecule has 1 atom stereocenters. The molecule has 2 heteroatoms. The normalized spacial score (nSPS) is 22.7. The molecule has 1 aromatic rings. The van der Waals surface area contributed by atoms with Gasteiger partial charge >= 0.3 is 0 Å². The molecule has 104 valence electrons. The van der Waals surface area contributed by atoms with Crippen LogP contribution in [-0.2, 0) is 0 Å². The molecule has 2 fully saturated rings. The van der Waals surface area contributed by atoms with Crippen molar-refractivity contribution in [2.45, 2.75) is 51.0 Å². The van der Waals surface area contributed by atoms with Gasteiger partial charge in [-0.3, -0.25) is 0 Å². The second-order valence-corrected chi connectivity index (χ2v) is 6.21. The third-order valence-corrected chi connectivity index (χ3v) is 4.91. The van der Waals surface area contributed by atoms with E-state index >= 15 is 0 Å². The highest BCUT2D eigenvalue weighted by atomic mass is 15.1. The molecule has 3 rings (SSSR count). The molecule has 2 aliphatic rings. The predicted octanol–water partition coefficient (Wildman–Crippen LogP) is 3.87. The lowest BCUT2D eigenvalue weighted by atomic mass is 9.81. The highest BCUT2D eigenvalue weighted by Gasteiger charge is 2.22. The Balaban J connectivity index is 1.67. The molecular weight excluding hydrogens is 232 g/mol. The molecular formula is C17H26N2. The first-order valence-electron chi connectivity index (χ1n) is 7.95. The van der Waals surface area contributed by atoms with E-state index in [1.807, 2.05) is 0 Å². The molecule has 1 saturated carbocycles. The van der Waals surface area contributed by atoms with Gasteiger partial charge in [0.05, 0.1) is 0 Å². The fraction of sp³-hybridized carbons (Fsp3) is 0.647. The average Bonchev–Trinajstić information content (AvgIpc) is 3.02. The Hall–Kier alpha value is -1.02. The van der Waals surface area contributed by atoms with E-state index in [2.05, 4.69) is 29.2 Å². The fourth-order valence-electron chi connectivity index (χ4n) is 3.65. The predicted molar refractivity (Wildman–Crippen MR) is 81.4 cm³/mol. The van der Waals surface area contributed by atoms with E-state index in [0.29, 0.717) is 5.92 Å². The van der Waals surface area contributed by atoms with Gasteiger partial charge in [0.25, 0.3) is 0 Å². The van der Waals surface area contributed by atoms with Gasteiger partial charge < -0.3 is 10.6 Å². The van der Waals surface area contributed by atoms with Crippen molar-refractivity contribution in [1.82, 2.24) is 0 Å². The van der Waals surface area contributed by atoms with Crippen molar-refractivity contribution >= 4 is 5.69 Å². The molecule has 0 aromatic heterocycles. The zero-order valence-corrected chi connectivity index (χ0v) is 11.9. The monoisotopic (exact) mass is 258 g/mol. The van der Waals surface area contributed by atoms with Crippen LogP contribution in [0.2, 0.25) is 0 Å². The highest BCUT2D eigenvalue weighted by molar-refractivity contribution is 5.48. The van der Waals surface area contributed by atoms with Gasteiger partial charge in [-0.2, -0.15) is 0 Å². The Kier molecular flexibility index (Phi) is 4.07. The molecule has 0 amide bonds. The Bertz CT molecular complexity index is 386. The van der Waals surface area contributed by atoms with E-state index in [4.69, 9.17) is 5.73 Å². The SMILES string of the molecule is N[C@H](c1ccc(N2CCCC2)cc1)C1CCCCC1. The summed E-state index contributed by atoms with van der Waals surface area (Å²) in [5.74, 6) is 0.700. The molecule has 1 aliphatic carbocycles. The number of hydrogen-bond acceptors (Lipinski definition) is 2. The van der Waals surface area contributed by atoms with Gasteiger partial charge in [-0.25, -0.2) is 0 Å². The second kappa shape index (κ2) is 5.96. The molecule has 19 heavy (non-hydrogen) atoms. The number of benzene rings is 1. The molecule has 0 spiro atoms. The summed E-state index contributed by atoms with van der Waals surface area (Å²) in [7, 11) is 0. The summed E-state index contributed by atoms with van der Waals surface area (Å²) < 4.78 is 0. The third-order valence-electron chi connectivity index (χ3n) is 4.91. The van der Waals surface area contributed by atoms with Crippen LogP contribution in [0.4, 0.5) is 5.69 Å². The largest absolute Gasteiger partial charge is 0.372 e. The van der Waals surface area contributed by atoms with Crippen molar-refractivity contribution in [3.8, 4) is 0 Å². The van der Waals surface area contributed by atoms with Crippen LogP contribution in [0.3, 0.4) is 0 Å². The minimum absolute atomic E-state index is 0.243. The lowest BCUT2D eigenvalue weighted by molar-refractivity contribution is 0.308. The minimum atomic E-state index is 0.243. The number of nitrogens with two attached hydrogens (primary N) is 1. The lowest BCUT2D eigenvalue weighted by Gasteiger charge is -2.28. The molecule has 2 N–H and O–H groups in total. The Labute approximate surface area is 117 Å². The average molecular weight is 258 g/mol. The maximum atomic E-state index is 6.46. The number of rotatable bonds is 3. The molecule has 1 aliphatic heterocycles. The lowest BCUT2D eigenvalue weighted by Crippen LogP contribution is -2.23. The zero-order valence-electron chi connectivity index (χ0n) is 11.9. The van der Waals surface area contributed by atoms with Gasteiger partial charge in [0.15, 0.2) is 0 Å². The quantitative estimate of drug-likeness (QED) is 0.892. The molecule has 0 unspecified atom stereocenters. The van der Waals surface area contributed by atoms with Crippen molar-refractivity contribution in [3.05, 3.63) is 29.8 Å². The van der Waals surface area contributed by atoms with E-state index < -0.39 is 0 Å². The topological polar surface area (TPSA) is 29.3 Å². The molecule has 1 heterocycles. The van der Waals surface area contributed by atoms with E-state index in [-0.39, 0.29) is 6.04 Å². The van der Waals surface area contributed by atoms with Crippen molar-refractivity contribution < 1.29 is 0 Å². The van der Waals surface area contributed by atoms with E-state index in [9.17, 15) is 0 Å². The van der Waals surface area contributed by atoms with Gasteiger partial charge in [0, 0.05) is 24.8 Å². The Morgan fingerprint density at radius 1 is 0.895 bits per heavy atom. The van der Waals surface area contributed by atoms with Crippen LogP contribution in [0.5, 0.6) is 0 Å². The summed E-state index contributed by atoms with van der Waals surface area (Å²) in [4.78, 5) is 2.48. The first-order valence-corrected chi connectivity index (χ1v) is 7.95. The molecule has 0 bridgehead atoms. The van der Waals surface area contributed by atoms with Crippen molar-refractivity contribution in [3.63, 3.8) is 0 Å². The van der Waals surface area contributed by atoms with Crippen LogP contribution in [0, 0.1) is 5.92 Å². The standard InChI is InChI=1S/C17H26N2/c18-17(14-6-2-1-3-7-14)15-8-10-16(11-9-15)19-12-4-5-13-19/h8-11,14,17H,1-7,12-13,18H2/t17-/m0/s1. The molecule has 1 aromatic carbocycles.